The fourth-order valence-corrected chi connectivity index (χ4v) is 4.82. The molecule has 0 aliphatic carbocycles. The van der Waals surface area contributed by atoms with Crippen LogP contribution in [0.4, 0.5) is 4.39 Å². The van der Waals surface area contributed by atoms with Crippen LogP contribution < -0.4 is 0 Å². The second-order valence-electron chi connectivity index (χ2n) is 6.09. The molecule has 0 radical (unpaired) electrons. The van der Waals surface area contributed by atoms with Crippen LogP contribution in [0.5, 0.6) is 0 Å². The van der Waals surface area contributed by atoms with Crippen molar-refractivity contribution in [3.8, 4) is 0 Å². The summed E-state index contributed by atoms with van der Waals surface area (Å²) < 4.78 is 40.2. The molecule has 1 saturated heterocycles. The normalized spacial score (nSPS) is 15.9. The van der Waals surface area contributed by atoms with Crippen LogP contribution in [-0.4, -0.2) is 49.7 Å². The minimum absolute atomic E-state index is 0.0878. The quantitative estimate of drug-likeness (QED) is 0.801. The van der Waals surface area contributed by atoms with Gasteiger partial charge >= 0.3 is 0 Å². The monoisotopic (exact) mass is 396 g/mol. The van der Waals surface area contributed by atoms with Crippen molar-refractivity contribution in [2.75, 3.05) is 26.2 Å². The zero-order valence-electron chi connectivity index (χ0n) is 14.2. The molecule has 1 aliphatic heterocycles. The maximum Gasteiger partial charge on any atom is 0.255 e. The number of carbonyl (C=O) groups excluding carboxylic acids is 1. The molecule has 0 spiro atoms. The maximum absolute atomic E-state index is 13.2. The van der Waals surface area contributed by atoms with E-state index >= 15 is 0 Å². The minimum Gasteiger partial charge on any atom is -0.336 e. The molecular formula is C18H18ClFN2O3S. The Bertz CT molecular complexity index is 941. The number of piperazine rings is 1. The molecule has 0 aromatic heterocycles. The molecule has 5 nitrogen and oxygen atoms in total. The molecule has 0 unspecified atom stereocenters. The Morgan fingerprint density at radius 3 is 2.35 bits per heavy atom. The zero-order valence-corrected chi connectivity index (χ0v) is 15.7. The van der Waals surface area contributed by atoms with Crippen molar-refractivity contribution in [1.82, 2.24) is 9.21 Å². The Kier molecular flexibility index (Phi) is 5.32. The molecule has 3 rings (SSSR count). The van der Waals surface area contributed by atoms with Gasteiger partial charge in [-0.3, -0.25) is 4.79 Å². The first-order valence-corrected chi connectivity index (χ1v) is 9.92. The minimum atomic E-state index is -3.73. The van der Waals surface area contributed by atoms with Crippen LogP contribution in [-0.2, 0) is 10.0 Å². The van der Waals surface area contributed by atoms with Gasteiger partial charge in [0.25, 0.3) is 5.91 Å². The van der Waals surface area contributed by atoms with Gasteiger partial charge < -0.3 is 4.90 Å². The fraction of sp³-hybridized carbons (Fsp3) is 0.278. The van der Waals surface area contributed by atoms with E-state index in [4.69, 9.17) is 11.6 Å². The highest BCUT2D eigenvalue weighted by Crippen LogP contribution is 2.23. The van der Waals surface area contributed by atoms with Gasteiger partial charge in [0.15, 0.2) is 0 Å². The van der Waals surface area contributed by atoms with Gasteiger partial charge in [0.05, 0.1) is 15.5 Å². The Morgan fingerprint density at radius 2 is 1.73 bits per heavy atom. The number of sulfonamides is 1. The standard InChI is InChI=1S/C18H18ClFN2O3S/c1-13-12-14(20)6-7-17(13)26(24,25)22-10-8-21(9-11-22)18(23)15-4-2-3-5-16(15)19/h2-7,12H,8-11H2,1H3. The molecule has 26 heavy (non-hydrogen) atoms. The molecular weight excluding hydrogens is 379 g/mol. The van der Waals surface area contributed by atoms with Crippen LogP contribution in [0.3, 0.4) is 0 Å². The fourth-order valence-electron chi connectivity index (χ4n) is 2.98. The van der Waals surface area contributed by atoms with Crippen molar-refractivity contribution in [2.24, 2.45) is 0 Å². The van der Waals surface area contributed by atoms with E-state index in [9.17, 15) is 17.6 Å². The predicted octanol–water partition coefficient (Wildman–Crippen LogP) is 2.93. The lowest BCUT2D eigenvalue weighted by atomic mass is 10.2. The highest BCUT2D eigenvalue weighted by atomic mass is 35.5. The lowest BCUT2D eigenvalue weighted by Gasteiger charge is -2.34. The largest absolute Gasteiger partial charge is 0.336 e. The van der Waals surface area contributed by atoms with Gasteiger partial charge in [0.2, 0.25) is 10.0 Å². The first-order valence-electron chi connectivity index (χ1n) is 8.11. The molecule has 2 aromatic rings. The van der Waals surface area contributed by atoms with Crippen molar-refractivity contribution in [3.05, 3.63) is 64.4 Å². The zero-order chi connectivity index (χ0) is 18.9. The summed E-state index contributed by atoms with van der Waals surface area (Å²) >= 11 is 6.07. The summed E-state index contributed by atoms with van der Waals surface area (Å²) in [6.07, 6.45) is 0. The van der Waals surface area contributed by atoms with Gasteiger partial charge in [-0.1, -0.05) is 23.7 Å². The summed E-state index contributed by atoms with van der Waals surface area (Å²) in [6.45, 7) is 2.45. The molecule has 1 amide bonds. The predicted molar refractivity (Wildman–Crippen MR) is 97.3 cm³/mol. The summed E-state index contributed by atoms with van der Waals surface area (Å²) in [5.74, 6) is -0.692. The van der Waals surface area contributed by atoms with E-state index in [2.05, 4.69) is 0 Å². The first kappa shape index (κ1) is 18.8. The van der Waals surface area contributed by atoms with E-state index in [0.29, 0.717) is 16.1 Å². The number of amides is 1. The average molecular weight is 397 g/mol. The van der Waals surface area contributed by atoms with Gasteiger partial charge in [0, 0.05) is 26.2 Å². The number of hydrogen-bond donors (Lipinski definition) is 0. The second kappa shape index (κ2) is 7.34. The maximum atomic E-state index is 13.2. The Balaban J connectivity index is 1.74. The van der Waals surface area contributed by atoms with Gasteiger partial charge in [-0.05, 0) is 42.8 Å². The summed E-state index contributed by atoms with van der Waals surface area (Å²) in [5, 5.41) is 0.370. The number of carbonyl (C=O) groups is 1. The van der Waals surface area contributed by atoms with Crippen molar-refractivity contribution >= 4 is 27.5 Å². The van der Waals surface area contributed by atoms with Crippen LogP contribution in [0, 0.1) is 12.7 Å². The topological polar surface area (TPSA) is 57.7 Å². The van der Waals surface area contributed by atoms with Crippen LogP contribution in [0.1, 0.15) is 15.9 Å². The highest BCUT2D eigenvalue weighted by molar-refractivity contribution is 7.89. The third-order valence-electron chi connectivity index (χ3n) is 4.38. The van der Waals surface area contributed by atoms with Crippen molar-refractivity contribution < 1.29 is 17.6 Å². The smallest absolute Gasteiger partial charge is 0.255 e. The number of rotatable bonds is 3. The SMILES string of the molecule is Cc1cc(F)ccc1S(=O)(=O)N1CCN(C(=O)c2ccccc2Cl)CC1. The van der Waals surface area contributed by atoms with E-state index in [1.807, 2.05) is 0 Å². The Labute approximate surface area is 157 Å². The molecule has 1 heterocycles. The van der Waals surface area contributed by atoms with E-state index in [-0.39, 0.29) is 37.0 Å². The lowest BCUT2D eigenvalue weighted by molar-refractivity contribution is 0.0698. The number of aryl methyl sites for hydroxylation is 1. The third-order valence-corrected chi connectivity index (χ3v) is 6.77. The van der Waals surface area contributed by atoms with Crippen LogP contribution in [0.15, 0.2) is 47.4 Å². The summed E-state index contributed by atoms with van der Waals surface area (Å²) in [4.78, 5) is 14.2. The van der Waals surface area contributed by atoms with E-state index < -0.39 is 15.8 Å². The molecule has 1 aliphatic rings. The molecule has 8 heteroatoms. The Morgan fingerprint density at radius 1 is 1.08 bits per heavy atom. The van der Waals surface area contributed by atoms with Gasteiger partial charge in [-0.15, -0.1) is 0 Å². The van der Waals surface area contributed by atoms with Crippen LogP contribution in [0.25, 0.3) is 0 Å². The molecule has 2 aromatic carbocycles. The number of benzene rings is 2. The number of hydrogen-bond acceptors (Lipinski definition) is 3. The molecule has 0 N–H and O–H groups in total. The van der Waals surface area contributed by atoms with Crippen LogP contribution in [0.2, 0.25) is 5.02 Å². The van der Waals surface area contributed by atoms with Gasteiger partial charge in [-0.2, -0.15) is 4.31 Å². The van der Waals surface area contributed by atoms with Crippen molar-refractivity contribution in [3.63, 3.8) is 0 Å². The first-order chi connectivity index (χ1) is 12.3. The van der Waals surface area contributed by atoms with Gasteiger partial charge in [0.1, 0.15) is 5.82 Å². The average Bonchev–Trinajstić information content (AvgIpc) is 2.61. The molecule has 0 bridgehead atoms. The number of nitrogens with zero attached hydrogens (tertiary/aromatic N) is 2. The summed E-state index contributed by atoms with van der Waals surface area (Å²) in [7, 11) is -3.73. The van der Waals surface area contributed by atoms with E-state index in [1.165, 1.54) is 16.4 Å². The van der Waals surface area contributed by atoms with Crippen molar-refractivity contribution in [1.29, 1.82) is 0 Å². The molecule has 1 fully saturated rings. The van der Waals surface area contributed by atoms with Gasteiger partial charge in [-0.25, -0.2) is 12.8 Å². The van der Waals surface area contributed by atoms with Crippen LogP contribution >= 0.6 is 11.6 Å². The third kappa shape index (κ3) is 3.60. The van der Waals surface area contributed by atoms with E-state index in [1.54, 1.807) is 36.1 Å². The highest BCUT2D eigenvalue weighted by Gasteiger charge is 2.31. The number of halogens is 2. The van der Waals surface area contributed by atoms with E-state index in [0.717, 1.165) is 6.07 Å². The Hall–Kier alpha value is -1.96. The summed E-state index contributed by atoms with van der Waals surface area (Å²) in [6, 6.07) is 10.4. The van der Waals surface area contributed by atoms with Crippen molar-refractivity contribution in [2.45, 2.75) is 11.8 Å². The molecule has 0 saturated carbocycles. The lowest BCUT2D eigenvalue weighted by Crippen LogP contribution is -2.50. The summed E-state index contributed by atoms with van der Waals surface area (Å²) in [5.41, 5.74) is 0.763. The molecule has 0 atom stereocenters. The second-order valence-corrected chi connectivity index (χ2v) is 8.40. The molecule has 138 valence electrons.